The van der Waals surface area contributed by atoms with Crippen molar-refractivity contribution >= 4 is 62.4 Å². The van der Waals surface area contributed by atoms with E-state index in [1.807, 2.05) is 63.8 Å². The third kappa shape index (κ3) is 9.38. The monoisotopic (exact) mass is 679 g/mol. The van der Waals surface area contributed by atoms with Crippen molar-refractivity contribution in [3.8, 4) is 0 Å². The van der Waals surface area contributed by atoms with Crippen molar-refractivity contribution in [1.82, 2.24) is 25.8 Å². The lowest BCUT2D eigenvalue weighted by Gasteiger charge is -2.39. The molecule has 10 nitrogen and oxygen atoms in total. The number of amides is 4. The molecule has 2 aromatic rings. The number of fused-ring (bicyclic) bond motifs is 1. The van der Waals surface area contributed by atoms with Gasteiger partial charge in [0.05, 0.1) is 11.7 Å². The van der Waals surface area contributed by atoms with Crippen molar-refractivity contribution < 1.29 is 23.9 Å². The molecule has 1 fully saturated rings. The zero-order chi connectivity index (χ0) is 31.7. The van der Waals surface area contributed by atoms with E-state index >= 15 is 0 Å². The Balaban J connectivity index is 1.89. The van der Waals surface area contributed by atoms with E-state index in [4.69, 9.17) is 4.74 Å². The molecule has 0 bridgehead atoms. The highest BCUT2D eigenvalue weighted by Gasteiger charge is 2.34. The number of nitrogens with one attached hydrogen (secondary N) is 4. The molecule has 0 saturated carbocycles. The third-order valence-corrected chi connectivity index (χ3v) is 9.50. The van der Waals surface area contributed by atoms with E-state index in [9.17, 15) is 19.2 Å². The van der Waals surface area contributed by atoms with Gasteiger partial charge in [-0.15, -0.1) is 0 Å². The summed E-state index contributed by atoms with van der Waals surface area (Å²) < 4.78 is 5.64. The normalized spacial score (nSPS) is 19.0. The summed E-state index contributed by atoms with van der Waals surface area (Å²) in [7, 11) is 1.28. The Labute approximate surface area is 267 Å². The molecule has 1 aliphatic rings. The summed E-state index contributed by atoms with van der Waals surface area (Å²) in [5.74, 6) is -0.306. The maximum Gasteiger partial charge on any atom is 0.329 e. The minimum atomic E-state index is -1.03. The van der Waals surface area contributed by atoms with Crippen molar-refractivity contribution in [1.29, 1.82) is 0 Å². The third-order valence-electron chi connectivity index (χ3n) is 7.84. The van der Waals surface area contributed by atoms with Crippen LogP contribution in [0.5, 0.6) is 0 Å². The van der Waals surface area contributed by atoms with E-state index in [0.29, 0.717) is 16.8 Å². The summed E-state index contributed by atoms with van der Waals surface area (Å²) in [6, 6.07) is 4.82. The number of piperidine rings is 1. The molecule has 43 heavy (non-hydrogen) atoms. The zero-order valence-electron chi connectivity index (χ0n) is 26.0. The minimum Gasteiger partial charge on any atom is -0.467 e. The summed E-state index contributed by atoms with van der Waals surface area (Å²) >= 11 is 5.08. The van der Waals surface area contributed by atoms with Gasteiger partial charge in [-0.1, -0.05) is 39.0 Å². The van der Waals surface area contributed by atoms with Crippen LogP contribution in [-0.4, -0.2) is 82.5 Å². The van der Waals surface area contributed by atoms with Gasteiger partial charge in [0.15, 0.2) is 0 Å². The largest absolute Gasteiger partial charge is 0.467 e. The number of methoxy groups -OCH3 is 1. The second-order valence-electron chi connectivity index (χ2n) is 11.6. The maximum absolute atomic E-state index is 13.9. The first-order valence-corrected chi connectivity index (χ1v) is 17.0. The number of para-hydroxylation sites is 1. The molecule has 12 heteroatoms. The van der Waals surface area contributed by atoms with Gasteiger partial charge in [0.1, 0.15) is 18.1 Å². The zero-order valence-corrected chi connectivity index (χ0v) is 28.4. The molecule has 3 rings (SSSR count). The number of carbonyl (C=O) groups is 4. The van der Waals surface area contributed by atoms with Gasteiger partial charge in [-0.25, -0.2) is 9.59 Å². The van der Waals surface area contributed by atoms with Gasteiger partial charge in [-0.3, -0.25) is 9.59 Å². The molecule has 0 spiro atoms. The first-order chi connectivity index (χ1) is 20.5. The molecule has 4 N–H and O–H groups in total. The number of hydrogen-bond acceptors (Lipinski definition) is 6. The van der Waals surface area contributed by atoms with Crippen molar-refractivity contribution in [2.45, 2.75) is 96.9 Å². The molecule has 5 atom stereocenters. The Hall–Kier alpha value is -2.73. The van der Waals surface area contributed by atoms with Gasteiger partial charge < -0.3 is 30.6 Å². The van der Waals surface area contributed by atoms with Crippen LogP contribution >= 0.6 is 27.7 Å². The summed E-state index contributed by atoms with van der Waals surface area (Å²) in [4.78, 5) is 58.7. The predicted octanol–water partition coefficient (Wildman–Crippen LogP) is 4.76. The number of benzene rings is 1. The number of nitrogens with zero attached hydrogens (tertiary/aromatic N) is 1. The first-order valence-electron chi connectivity index (χ1n) is 15.1. The molecule has 1 saturated heterocycles. The Kier molecular flexibility index (Phi) is 13.2. The number of ether oxygens (including phenoxy) is 1. The van der Waals surface area contributed by atoms with Gasteiger partial charge in [-0.05, 0) is 78.8 Å². The molecular weight excluding hydrogens is 634 g/mol. The summed E-state index contributed by atoms with van der Waals surface area (Å²) in [5.41, 5.74) is 1.70. The smallest absolute Gasteiger partial charge is 0.329 e. The molecule has 1 aliphatic heterocycles. The van der Waals surface area contributed by atoms with E-state index in [-0.39, 0.29) is 30.5 Å². The number of rotatable bonds is 13. The predicted molar refractivity (Wildman–Crippen MR) is 175 cm³/mol. The lowest BCUT2D eigenvalue weighted by Crippen LogP contribution is -2.59. The Morgan fingerprint density at radius 2 is 1.65 bits per heavy atom. The highest BCUT2D eigenvalue weighted by atomic mass is 79.9. The number of halogens is 1. The minimum absolute atomic E-state index is 0.0699. The topological polar surface area (TPSA) is 133 Å². The van der Waals surface area contributed by atoms with Gasteiger partial charge in [0.2, 0.25) is 11.8 Å². The van der Waals surface area contributed by atoms with Crippen molar-refractivity contribution in [3.63, 3.8) is 0 Å². The Morgan fingerprint density at radius 3 is 2.28 bits per heavy atom. The van der Waals surface area contributed by atoms with Gasteiger partial charge >= 0.3 is 12.0 Å². The lowest BCUT2D eigenvalue weighted by molar-refractivity contribution is -0.144. The van der Waals surface area contributed by atoms with Crippen LogP contribution < -0.4 is 16.0 Å². The molecule has 0 unspecified atom stereocenters. The van der Waals surface area contributed by atoms with Crippen LogP contribution in [0.4, 0.5) is 4.79 Å². The molecule has 2 heterocycles. The van der Waals surface area contributed by atoms with Gasteiger partial charge in [0.25, 0.3) is 0 Å². The second-order valence-corrected chi connectivity index (χ2v) is 13.8. The van der Waals surface area contributed by atoms with Crippen LogP contribution in [0.15, 0.2) is 28.9 Å². The number of hydrogen-bond donors (Lipinski definition) is 4. The highest BCUT2D eigenvalue weighted by molar-refractivity contribution is 9.10. The Bertz CT molecular complexity index is 1260. The summed E-state index contributed by atoms with van der Waals surface area (Å²) in [6.07, 6.45) is 3.44. The molecule has 1 aromatic heterocycles. The lowest BCUT2D eigenvalue weighted by atomic mass is 9.97. The van der Waals surface area contributed by atoms with E-state index < -0.39 is 35.9 Å². The van der Waals surface area contributed by atoms with E-state index in [0.717, 1.165) is 41.5 Å². The van der Waals surface area contributed by atoms with Gasteiger partial charge in [-0.2, -0.15) is 11.8 Å². The molecular formula is C31H46BrN5O5S. The van der Waals surface area contributed by atoms with E-state index in [2.05, 4.69) is 36.9 Å². The number of H-pyrrole nitrogens is 1. The molecule has 0 aliphatic carbocycles. The molecule has 0 radical (unpaired) electrons. The number of thioether (sulfide) groups is 1. The SMILES string of the molecule is CCSC[C@@H](NC(=O)[C@@H](Cc1c(Br)[nH]c2ccccc12)NC(=O)[C@H](CC(C)C)NC(=O)N1[C@H](C)CCC[C@@H]1C)C(=O)OC. The number of carbonyl (C=O) groups excluding carboxylic acids is 4. The summed E-state index contributed by atoms with van der Waals surface area (Å²) in [6.45, 7) is 9.99. The average Bonchev–Trinajstić information content (AvgIpc) is 3.28. The molecule has 1 aromatic carbocycles. The van der Waals surface area contributed by atoms with Crippen LogP contribution in [0.25, 0.3) is 10.9 Å². The van der Waals surface area contributed by atoms with E-state index in [1.54, 1.807) is 0 Å². The number of likely N-dealkylation sites (tertiary alicyclic amines) is 1. The highest BCUT2D eigenvalue weighted by Crippen LogP contribution is 2.28. The quantitative estimate of drug-likeness (QED) is 0.226. The molecule has 4 amide bonds. The Morgan fingerprint density at radius 1 is 1.02 bits per heavy atom. The van der Waals surface area contributed by atoms with Crippen LogP contribution in [-0.2, 0) is 25.5 Å². The fourth-order valence-electron chi connectivity index (χ4n) is 5.62. The first kappa shape index (κ1) is 34.8. The second kappa shape index (κ2) is 16.4. The summed E-state index contributed by atoms with van der Waals surface area (Å²) in [5, 5.41) is 9.60. The average molecular weight is 681 g/mol. The van der Waals surface area contributed by atoms with Gasteiger partial charge in [0, 0.05) is 35.2 Å². The fourth-order valence-corrected chi connectivity index (χ4v) is 6.90. The van der Waals surface area contributed by atoms with Crippen LogP contribution in [0.1, 0.15) is 65.9 Å². The maximum atomic E-state index is 13.9. The fraction of sp³-hybridized carbons (Fsp3) is 0.613. The van der Waals surface area contributed by atoms with Crippen molar-refractivity contribution in [3.05, 3.63) is 34.4 Å². The van der Waals surface area contributed by atoms with Crippen LogP contribution in [0, 0.1) is 5.92 Å². The van der Waals surface area contributed by atoms with Crippen molar-refractivity contribution in [2.24, 2.45) is 5.92 Å². The number of urea groups is 1. The standard InChI is InChI=1S/C31H46BrN5O5S/c1-7-43-17-26(30(40)42-6)35-29(39)25(16-22-21-13-8-9-14-23(21)33-27(22)32)34-28(38)24(15-18(2)3)36-31(41)37-19(4)11-10-12-20(37)5/h8-9,13-14,18-20,24-26,33H,7,10-12,15-17H2,1-6H3,(H,34,38)(H,35,39)(H,36,41)/t19-,20+,24-,25+,26+/m0/s1. The number of aromatic amines is 1. The molecule has 238 valence electrons. The van der Waals surface area contributed by atoms with Crippen LogP contribution in [0.2, 0.25) is 0 Å². The van der Waals surface area contributed by atoms with E-state index in [1.165, 1.54) is 18.9 Å². The van der Waals surface area contributed by atoms with Crippen LogP contribution in [0.3, 0.4) is 0 Å². The van der Waals surface area contributed by atoms with Crippen molar-refractivity contribution in [2.75, 3.05) is 18.6 Å². The number of aromatic nitrogens is 1. The number of esters is 1.